The molecule has 0 bridgehead atoms. The van der Waals surface area contributed by atoms with Crippen LogP contribution in [-0.2, 0) is 14.9 Å². The van der Waals surface area contributed by atoms with E-state index in [0.717, 1.165) is 5.56 Å². The van der Waals surface area contributed by atoms with Gasteiger partial charge in [-0.1, -0.05) is 60.4 Å². The molecule has 0 radical (unpaired) electrons. The molecule has 9 heteroatoms. The molecule has 0 spiro atoms. The van der Waals surface area contributed by atoms with E-state index in [4.69, 9.17) is 21.1 Å². The Hall–Kier alpha value is -3.14. The van der Waals surface area contributed by atoms with Gasteiger partial charge in [0.2, 0.25) is 0 Å². The molecule has 4 rings (SSSR count). The van der Waals surface area contributed by atoms with Crippen LogP contribution in [0.2, 0.25) is 0 Å². The number of rotatable bonds is 6. The van der Waals surface area contributed by atoms with Gasteiger partial charge < -0.3 is 8.92 Å². The summed E-state index contributed by atoms with van der Waals surface area (Å²) in [6.07, 6.45) is 1.69. The molecule has 3 aromatic rings. The third kappa shape index (κ3) is 4.95. The number of aryl methyl sites for hydroxylation is 1. The quantitative estimate of drug-likeness (QED) is 0.264. The van der Waals surface area contributed by atoms with Crippen molar-refractivity contribution in [2.45, 2.75) is 11.8 Å². The van der Waals surface area contributed by atoms with Crippen LogP contribution in [0.1, 0.15) is 11.1 Å². The SMILES string of the molecule is COc1cc(/C=C2\SC(=S)N(c3cccc(C)c3)C2=O)ccc1OS(=O)(=O)c1ccccc1. The summed E-state index contributed by atoms with van der Waals surface area (Å²) in [4.78, 5) is 15.0. The van der Waals surface area contributed by atoms with E-state index in [2.05, 4.69) is 0 Å². The first-order chi connectivity index (χ1) is 15.8. The molecule has 6 nitrogen and oxygen atoms in total. The second-order valence-electron chi connectivity index (χ2n) is 7.12. The second-order valence-corrected chi connectivity index (χ2v) is 10.3. The summed E-state index contributed by atoms with van der Waals surface area (Å²) in [7, 11) is -2.60. The Balaban J connectivity index is 1.60. The van der Waals surface area contributed by atoms with Crippen molar-refractivity contribution in [1.82, 2.24) is 0 Å². The predicted molar refractivity (Wildman–Crippen MR) is 134 cm³/mol. The zero-order valence-electron chi connectivity index (χ0n) is 17.7. The van der Waals surface area contributed by atoms with Gasteiger partial charge in [0, 0.05) is 0 Å². The van der Waals surface area contributed by atoms with E-state index < -0.39 is 10.1 Å². The molecule has 0 saturated carbocycles. The Labute approximate surface area is 202 Å². The van der Waals surface area contributed by atoms with Gasteiger partial charge in [0.1, 0.15) is 4.90 Å². The van der Waals surface area contributed by atoms with Gasteiger partial charge in [-0.3, -0.25) is 9.69 Å². The van der Waals surface area contributed by atoms with Crippen LogP contribution in [0.25, 0.3) is 6.08 Å². The van der Waals surface area contributed by atoms with E-state index >= 15 is 0 Å². The number of thiocarbonyl (C=S) groups is 1. The number of nitrogens with zero attached hydrogens (tertiary/aromatic N) is 1. The van der Waals surface area contributed by atoms with E-state index in [1.165, 1.54) is 42.0 Å². The van der Waals surface area contributed by atoms with Crippen molar-refractivity contribution < 1.29 is 22.1 Å². The minimum Gasteiger partial charge on any atom is -0.493 e. The van der Waals surface area contributed by atoms with Crippen molar-refractivity contribution in [1.29, 1.82) is 0 Å². The Kier molecular flexibility index (Phi) is 6.55. The highest BCUT2D eigenvalue weighted by Crippen LogP contribution is 2.37. The third-order valence-electron chi connectivity index (χ3n) is 4.77. The summed E-state index contributed by atoms with van der Waals surface area (Å²) in [5.41, 5.74) is 2.38. The lowest BCUT2D eigenvalue weighted by molar-refractivity contribution is -0.113. The number of amides is 1. The maximum atomic E-state index is 13.0. The van der Waals surface area contributed by atoms with Gasteiger partial charge in [-0.05, 0) is 60.5 Å². The molecular formula is C24H19NO5S3. The third-order valence-corrected chi connectivity index (χ3v) is 7.32. The number of carbonyl (C=O) groups excluding carboxylic acids is 1. The van der Waals surface area contributed by atoms with Crippen LogP contribution in [0, 0.1) is 6.92 Å². The Morgan fingerprint density at radius 2 is 1.73 bits per heavy atom. The Morgan fingerprint density at radius 3 is 2.42 bits per heavy atom. The van der Waals surface area contributed by atoms with E-state index in [0.29, 0.717) is 20.5 Å². The number of methoxy groups -OCH3 is 1. The molecule has 33 heavy (non-hydrogen) atoms. The zero-order chi connectivity index (χ0) is 23.6. The lowest BCUT2D eigenvalue weighted by atomic mass is 10.1. The van der Waals surface area contributed by atoms with Gasteiger partial charge in [0.05, 0.1) is 17.7 Å². The molecule has 1 aliphatic heterocycles. The lowest BCUT2D eigenvalue weighted by Gasteiger charge is -2.14. The minimum absolute atomic E-state index is 0.0379. The first kappa shape index (κ1) is 23.0. The number of carbonyl (C=O) groups is 1. The van der Waals surface area contributed by atoms with Gasteiger partial charge in [-0.25, -0.2) is 0 Å². The maximum Gasteiger partial charge on any atom is 0.339 e. The molecule has 1 amide bonds. The molecule has 1 heterocycles. The van der Waals surface area contributed by atoms with Crippen LogP contribution in [0.15, 0.2) is 82.6 Å². The highest BCUT2D eigenvalue weighted by atomic mass is 32.2. The molecule has 3 aromatic carbocycles. The van der Waals surface area contributed by atoms with E-state index in [-0.39, 0.29) is 22.3 Å². The number of hydrogen-bond donors (Lipinski definition) is 0. The Bertz CT molecular complexity index is 1370. The van der Waals surface area contributed by atoms with Crippen molar-refractivity contribution in [3.05, 3.63) is 88.8 Å². The fourth-order valence-corrected chi connectivity index (χ4v) is 5.46. The highest BCUT2D eigenvalue weighted by molar-refractivity contribution is 8.27. The van der Waals surface area contributed by atoms with Crippen LogP contribution in [-0.4, -0.2) is 25.8 Å². The molecule has 0 atom stereocenters. The standard InChI is InChI=1S/C24H19NO5S3/c1-16-7-6-8-18(13-16)25-23(26)22(32-24(25)31)15-17-11-12-20(21(14-17)29-2)30-33(27,28)19-9-4-3-5-10-19/h3-15H,1-2H3/b22-15-. The van der Waals surface area contributed by atoms with Crippen molar-refractivity contribution in [3.63, 3.8) is 0 Å². The first-order valence-electron chi connectivity index (χ1n) is 9.81. The largest absolute Gasteiger partial charge is 0.493 e. The van der Waals surface area contributed by atoms with Gasteiger partial charge in [-0.2, -0.15) is 8.42 Å². The topological polar surface area (TPSA) is 72.9 Å². The smallest absolute Gasteiger partial charge is 0.339 e. The van der Waals surface area contributed by atoms with Gasteiger partial charge >= 0.3 is 10.1 Å². The van der Waals surface area contributed by atoms with Crippen LogP contribution in [0.4, 0.5) is 5.69 Å². The summed E-state index contributed by atoms with van der Waals surface area (Å²) < 4.78 is 36.2. The first-order valence-corrected chi connectivity index (χ1v) is 12.4. The number of ether oxygens (including phenoxy) is 1. The van der Waals surface area contributed by atoms with Crippen molar-refractivity contribution in [2.24, 2.45) is 0 Å². The predicted octanol–water partition coefficient (Wildman–Crippen LogP) is 5.18. The number of anilines is 1. The number of thioether (sulfide) groups is 1. The van der Waals surface area contributed by atoms with Crippen molar-refractivity contribution in [3.8, 4) is 11.5 Å². The molecule has 1 saturated heterocycles. The molecule has 0 aromatic heterocycles. The summed E-state index contributed by atoms with van der Waals surface area (Å²) in [6.45, 7) is 1.95. The molecule has 0 aliphatic carbocycles. The van der Waals surface area contributed by atoms with Crippen LogP contribution >= 0.6 is 24.0 Å². The molecule has 1 fully saturated rings. The molecule has 0 N–H and O–H groups in total. The van der Waals surface area contributed by atoms with Crippen LogP contribution in [0.3, 0.4) is 0 Å². The maximum absolute atomic E-state index is 13.0. The monoisotopic (exact) mass is 497 g/mol. The zero-order valence-corrected chi connectivity index (χ0v) is 20.2. The summed E-state index contributed by atoms with van der Waals surface area (Å²) in [6, 6.07) is 20.2. The number of hydrogen-bond acceptors (Lipinski definition) is 7. The lowest BCUT2D eigenvalue weighted by Crippen LogP contribution is -2.27. The molecule has 1 aliphatic rings. The molecule has 0 unspecified atom stereocenters. The minimum atomic E-state index is -4.02. The normalized spacial score (nSPS) is 15.2. The van der Waals surface area contributed by atoms with Crippen LogP contribution in [0.5, 0.6) is 11.5 Å². The van der Waals surface area contributed by atoms with Crippen molar-refractivity contribution in [2.75, 3.05) is 12.0 Å². The fourth-order valence-electron chi connectivity index (χ4n) is 3.21. The van der Waals surface area contributed by atoms with Crippen molar-refractivity contribution >= 4 is 56.1 Å². The van der Waals surface area contributed by atoms with Gasteiger partial charge in [0.25, 0.3) is 5.91 Å². The van der Waals surface area contributed by atoms with Gasteiger partial charge in [0.15, 0.2) is 15.8 Å². The summed E-state index contributed by atoms with van der Waals surface area (Å²) in [5.74, 6) is 0.0461. The van der Waals surface area contributed by atoms with E-state index in [1.54, 1.807) is 36.4 Å². The van der Waals surface area contributed by atoms with E-state index in [1.807, 2.05) is 31.2 Å². The summed E-state index contributed by atoms with van der Waals surface area (Å²) in [5, 5.41) is 0. The van der Waals surface area contributed by atoms with E-state index in [9.17, 15) is 13.2 Å². The molecule has 168 valence electrons. The second kappa shape index (κ2) is 9.38. The number of benzene rings is 3. The Morgan fingerprint density at radius 1 is 0.970 bits per heavy atom. The molecular weight excluding hydrogens is 478 g/mol. The average molecular weight is 498 g/mol. The fraction of sp³-hybridized carbons (Fsp3) is 0.0833. The average Bonchev–Trinajstić information content (AvgIpc) is 3.07. The van der Waals surface area contributed by atoms with Crippen LogP contribution < -0.4 is 13.8 Å². The van der Waals surface area contributed by atoms with Gasteiger partial charge in [-0.15, -0.1) is 0 Å². The summed E-state index contributed by atoms with van der Waals surface area (Å²) >= 11 is 6.63. The highest BCUT2D eigenvalue weighted by Gasteiger charge is 2.33.